The Balaban J connectivity index is 1.85. The summed E-state index contributed by atoms with van der Waals surface area (Å²) in [6.45, 7) is 2.78. The van der Waals surface area contributed by atoms with Gasteiger partial charge in [0.05, 0.1) is 11.5 Å². The number of halogens is 2. The highest BCUT2D eigenvalue weighted by Gasteiger charge is 2.22. The highest BCUT2D eigenvalue weighted by Crippen LogP contribution is 2.37. The first kappa shape index (κ1) is 20.2. The fraction of sp³-hybridized carbons (Fsp3) is 0.158. The van der Waals surface area contributed by atoms with Gasteiger partial charge in [-0.05, 0) is 48.4 Å². The highest BCUT2D eigenvalue weighted by molar-refractivity contribution is 9.10. The summed E-state index contributed by atoms with van der Waals surface area (Å²) in [6, 6.07) is 11.1. The number of amides is 1. The van der Waals surface area contributed by atoms with Gasteiger partial charge in [-0.3, -0.25) is 4.79 Å². The SMILES string of the molecule is CCOc1cc(/C=C2/SC(=S)NC2=O)c(Br)cc1OCc1ccc(Cl)cc1. The Morgan fingerprint density at radius 1 is 1.22 bits per heavy atom. The number of thioether (sulfide) groups is 1. The zero-order valence-electron chi connectivity index (χ0n) is 14.3. The fourth-order valence-corrected chi connectivity index (χ4v) is 3.94. The van der Waals surface area contributed by atoms with E-state index in [2.05, 4.69) is 21.2 Å². The van der Waals surface area contributed by atoms with Gasteiger partial charge in [-0.15, -0.1) is 0 Å². The third-order valence-electron chi connectivity index (χ3n) is 3.60. The summed E-state index contributed by atoms with van der Waals surface area (Å²) in [5.41, 5.74) is 1.80. The van der Waals surface area contributed by atoms with Crippen LogP contribution in [0.15, 0.2) is 45.8 Å². The maximum Gasteiger partial charge on any atom is 0.263 e. The van der Waals surface area contributed by atoms with Crippen LogP contribution in [0.3, 0.4) is 0 Å². The van der Waals surface area contributed by atoms with Crippen LogP contribution in [0.4, 0.5) is 0 Å². The van der Waals surface area contributed by atoms with E-state index < -0.39 is 0 Å². The topological polar surface area (TPSA) is 47.6 Å². The lowest BCUT2D eigenvalue weighted by Gasteiger charge is -2.14. The Labute approximate surface area is 180 Å². The van der Waals surface area contributed by atoms with Gasteiger partial charge in [-0.25, -0.2) is 0 Å². The predicted molar refractivity (Wildman–Crippen MR) is 117 cm³/mol. The monoisotopic (exact) mass is 483 g/mol. The number of carbonyl (C=O) groups is 1. The molecule has 1 aliphatic rings. The van der Waals surface area contributed by atoms with E-state index in [1.54, 1.807) is 6.08 Å². The van der Waals surface area contributed by atoms with E-state index in [9.17, 15) is 4.79 Å². The second-order valence-electron chi connectivity index (χ2n) is 5.52. The van der Waals surface area contributed by atoms with Gasteiger partial charge < -0.3 is 14.8 Å². The number of benzene rings is 2. The number of carbonyl (C=O) groups excluding carboxylic acids is 1. The second-order valence-corrected chi connectivity index (χ2v) is 8.53. The lowest BCUT2D eigenvalue weighted by Crippen LogP contribution is -2.17. The van der Waals surface area contributed by atoms with E-state index in [4.69, 9.17) is 33.3 Å². The standard InChI is InChI=1S/C19H15BrClNO3S2/c1-2-24-15-7-12(8-17-18(23)22-19(26)27-17)14(20)9-16(15)25-10-11-3-5-13(21)6-4-11/h3-9H,2,10H2,1H3,(H,22,23,26)/b17-8+. The normalized spacial score (nSPS) is 15.1. The molecule has 0 bridgehead atoms. The Hall–Kier alpha value is -1.54. The first-order valence-corrected chi connectivity index (χ1v) is 10.4. The molecule has 1 heterocycles. The number of ether oxygens (including phenoxy) is 2. The van der Waals surface area contributed by atoms with Crippen molar-refractivity contribution in [3.8, 4) is 11.5 Å². The van der Waals surface area contributed by atoms with Gasteiger partial charge in [0.1, 0.15) is 10.9 Å². The van der Waals surface area contributed by atoms with Crippen molar-refractivity contribution in [2.24, 2.45) is 0 Å². The van der Waals surface area contributed by atoms with Gasteiger partial charge in [0.15, 0.2) is 11.5 Å². The van der Waals surface area contributed by atoms with E-state index >= 15 is 0 Å². The quantitative estimate of drug-likeness (QED) is 0.429. The second kappa shape index (κ2) is 9.10. The van der Waals surface area contributed by atoms with Gasteiger partial charge in [0.25, 0.3) is 5.91 Å². The highest BCUT2D eigenvalue weighted by atomic mass is 79.9. The van der Waals surface area contributed by atoms with E-state index in [0.29, 0.717) is 39.0 Å². The Kier molecular flexibility index (Phi) is 6.81. The molecule has 27 heavy (non-hydrogen) atoms. The van der Waals surface area contributed by atoms with Crippen LogP contribution in [0.5, 0.6) is 11.5 Å². The van der Waals surface area contributed by atoms with Gasteiger partial charge in [-0.1, -0.05) is 63.6 Å². The molecule has 1 N–H and O–H groups in total. The van der Waals surface area contributed by atoms with Crippen molar-refractivity contribution < 1.29 is 14.3 Å². The lowest BCUT2D eigenvalue weighted by molar-refractivity contribution is -0.115. The van der Waals surface area contributed by atoms with Crippen molar-refractivity contribution >= 4 is 67.8 Å². The van der Waals surface area contributed by atoms with Gasteiger partial charge in [-0.2, -0.15) is 0 Å². The van der Waals surface area contributed by atoms with Crippen LogP contribution in [-0.2, 0) is 11.4 Å². The molecule has 8 heteroatoms. The summed E-state index contributed by atoms with van der Waals surface area (Å²) in [4.78, 5) is 12.4. The maximum absolute atomic E-state index is 11.9. The van der Waals surface area contributed by atoms with Crippen LogP contribution in [0.2, 0.25) is 5.02 Å². The summed E-state index contributed by atoms with van der Waals surface area (Å²) < 4.78 is 12.9. The van der Waals surface area contributed by atoms with E-state index in [-0.39, 0.29) is 5.91 Å². The third-order valence-corrected chi connectivity index (χ3v) is 5.70. The van der Waals surface area contributed by atoms with Crippen LogP contribution in [0.1, 0.15) is 18.1 Å². The molecule has 4 nitrogen and oxygen atoms in total. The molecule has 1 saturated heterocycles. The first-order chi connectivity index (χ1) is 13.0. The van der Waals surface area contributed by atoms with Crippen molar-refractivity contribution in [2.75, 3.05) is 6.61 Å². The van der Waals surface area contributed by atoms with Gasteiger partial charge in [0, 0.05) is 9.50 Å². The zero-order valence-corrected chi connectivity index (χ0v) is 18.2. The molecule has 0 saturated carbocycles. The van der Waals surface area contributed by atoms with Crippen molar-refractivity contribution in [2.45, 2.75) is 13.5 Å². The van der Waals surface area contributed by atoms with Gasteiger partial charge >= 0.3 is 0 Å². The number of thiocarbonyl (C=S) groups is 1. The average Bonchev–Trinajstić information content (AvgIpc) is 2.95. The molecule has 0 aliphatic carbocycles. The Bertz CT molecular complexity index is 916. The predicted octanol–water partition coefficient (Wildman–Crippen LogP) is 5.57. The molecule has 0 atom stereocenters. The fourth-order valence-electron chi connectivity index (χ4n) is 2.35. The van der Waals surface area contributed by atoms with Crippen LogP contribution in [0.25, 0.3) is 6.08 Å². The van der Waals surface area contributed by atoms with Crippen molar-refractivity contribution in [3.63, 3.8) is 0 Å². The Morgan fingerprint density at radius 2 is 1.93 bits per heavy atom. The molecule has 140 valence electrons. The number of hydrogen-bond donors (Lipinski definition) is 1. The molecule has 1 fully saturated rings. The van der Waals surface area contributed by atoms with Gasteiger partial charge in [0.2, 0.25) is 0 Å². The van der Waals surface area contributed by atoms with Crippen molar-refractivity contribution in [1.82, 2.24) is 5.32 Å². The number of hydrogen-bond acceptors (Lipinski definition) is 5. The smallest absolute Gasteiger partial charge is 0.263 e. The summed E-state index contributed by atoms with van der Waals surface area (Å²) in [5.74, 6) is 1.02. The van der Waals surface area contributed by atoms with Crippen LogP contribution >= 0.6 is 51.5 Å². The molecule has 2 aromatic carbocycles. The number of rotatable bonds is 6. The molecule has 0 aromatic heterocycles. The summed E-state index contributed by atoms with van der Waals surface area (Å²) in [5, 5.41) is 3.29. The molecular formula is C19H15BrClNO3S2. The Morgan fingerprint density at radius 3 is 2.56 bits per heavy atom. The van der Waals surface area contributed by atoms with Crippen LogP contribution in [0, 0.1) is 0 Å². The van der Waals surface area contributed by atoms with Crippen molar-refractivity contribution in [3.05, 3.63) is 61.9 Å². The minimum absolute atomic E-state index is 0.196. The molecule has 0 radical (unpaired) electrons. The minimum Gasteiger partial charge on any atom is -0.490 e. The molecule has 2 aromatic rings. The number of nitrogens with one attached hydrogen (secondary N) is 1. The minimum atomic E-state index is -0.196. The molecule has 1 aliphatic heterocycles. The summed E-state index contributed by atoms with van der Waals surface area (Å²) in [6.07, 6.45) is 1.77. The molecule has 3 rings (SSSR count). The van der Waals surface area contributed by atoms with Crippen molar-refractivity contribution in [1.29, 1.82) is 0 Å². The zero-order chi connectivity index (χ0) is 19.4. The molecular weight excluding hydrogens is 470 g/mol. The van der Waals surface area contributed by atoms with E-state index in [0.717, 1.165) is 15.6 Å². The summed E-state index contributed by atoms with van der Waals surface area (Å²) >= 11 is 15.7. The first-order valence-electron chi connectivity index (χ1n) is 8.04. The van der Waals surface area contributed by atoms with Crippen LogP contribution in [-0.4, -0.2) is 16.8 Å². The molecule has 0 spiro atoms. The molecule has 0 unspecified atom stereocenters. The maximum atomic E-state index is 11.9. The largest absolute Gasteiger partial charge is 0.490 e. The van der Waals surface area contributed by atoms with E-state index in [1.165, 1.54) is 11.8 Å². The average molecular weight is 485 g/mol. The molecule has 1 amide bonds. The van der Waals surface area contributed by atoms with E-state index in [1.807, 2.05) is 43.3 Å². The third kappa shape index (κ3) is 5.25. The van der Waals surface area contributed by atoms with Crippen LogP contribution < -0.4 is 14.8 Å². The summed E-state index contributed by atoms with van der Waals surface area (Å²) in [7, 11) is 0. The lowest BCUT2D eigenvalue weighted by atomic mass is 10.1.